The standard InChI is InChI=1S/C14H22N2O2S.ClH/c1-11-5-6-12(2)13(9-11)19(17,18)16-14(10-15)7-3-4-8-14;/h5-6,9,16H,3-4,7-8,10,15H2,1-2H3;1H. The molecule has 6 heteroatoms. The van der Waals surface area contributed by atoms with Gasteiger partial charge < -0.3 is 5.73 Å². The van der Waals surface area contributed by atoms with Gasteiger partial charge in [0.05, 0.1) is 4.90 Å². The summed E-state index contributed by atoms with van der Waals surface area (Å²) in [6.07, 6.45) is 3.72. The van der Waals surface area contributed by atoms with Gasteiger partial charge in [0, 0.05) is 12.1 Å². The molecule has 114 valence electrons. The zero-order chi connectivity index (χ0) is 14.1. The van der Waals surface area contributed by atoms with Crippen LogP contribution in [0.3, 0.4) is 0 Å². The molecular weight excluding hydrogens is 296 g/mol. The summed E-state index contributed by atoms with van der Waals surface area (Å²) in [6.45, 7) is 4.07. The molecule has 1 aromatic carbocycles. The van der Waals surface area contributed by atoms with Crippen molar-refractivity contribution in [1.29, 1.82) is 0 Å². The Hall–Kier alpha value is -0.620. The first-order valence-corrected chi connectivity index (χ1v) is 8.18. The maximum Gasteiger partial charge on any atom is 0.241 e. The van der Waals surface area contributed by atoms with E-state index >= 15 is 0 Å². The average Bonchev–Trinajstić information content (AvgIpc) is 2.80. The smallest absolute Gasteiger partial charge is 0.241 e. The lowest BCUT2D eigenvalue weighted by Crippen LogP contribution is -2.51. The monoisotopic (exact) mass is 318 g/mol. The zero-order valence-corrected chi connectivity index (χ0v) is 13.6. The van der Waals surface area contributed by atoms with Gasteiger partial charge in [0.15, 0.2) is 0 Å². The molecule has 0 aromatic heterocycles. The average molecular weight is 319 g/mol. The quantitative estimate of drug-likeness (QED) is 0.894. The van der Waals surface area contributed by atoms with Crippen molar-refractivity contribution in [1.82, 2.24) is 4.72 Å². The van der Waals surface area contributed by atoms with Gasteiger partial charge in [-0.05, 0) is 43.9 Å². The summed E-state index contributed by atoms with van der Waals surface area (Å²) in [7, 11) is -3.50. The fraction of sp³-hybridized carbons (Fsp3) is 0.571. The number of sulfonamides is 1. The van der Waals surface area contributed by atoms with E-state index in [9.17, 15) is 8.42 Å². The summed E-state index contributed by atoms with van der Waals surface area (Å²) in [6, 6.07) is 5.48. The summed E-state index contributed by atoms with van der Waals surface area (Å²) in [5.74, 6) is 0. The van der Waals surface area contributed by atoms with E-state index < -0.39 is 15.6 Å². The molecule has 0 radical (unpaired) electrons. The summed E-state index contributed by atoms with van der Waals surface area (Å²) < 4.78 is 28.0. The van der Waals surface area contributed by atoms with Gasteiger partial charge in [-0.1, -0.05) is 25.0 Å². The number of aryl methyl sites for hydroxylation is 2. The van der Waals surface area contributed by atoms with Crippen LogP contribution in [0.5, 0.6) is 0 Å². The number of nitrogens with two attached hydrogens (primary N) is 1. The van der Waals surface area contributed by atoms with Crippen molar-refractivity contribution in [2.45, 2.75) is 50.0 Å². The largest absolute Gasteiger partial charge is 0.329 e. The van der Waals surface area contributed by atoms with Crippen LogP contribution in [0.4, 0.5) is 0 Å². The molecule has 1 aliphatic carbocycles. The van der Waals surface area contributed by atoms with Gasteiger partial charge >= 0.3 is 0 Å². The topological polar surface area (TPSA) is 72.2 Å². The Bertz CT molecular complexity index is 567. The Morgan fingerprint density at radius 3 is 2.40 bits per heavy atom. The zero-order valence-electron chi connectivity index (χ0n) is 12.0. The van der Waals surface area contributed by atoms with Gasteiger partial charge in [-0.2, -0.15) is 0 Å². The number of nitrogens with one attached hydrogen (secondary N) is 1. The van der Waals surface area contributed by atoms with Crippen LogP contribution in [-0.2, 0) is 10.0 Å². The third kappa shape index (κ3) is 3.52. The Balaban J connectivity index is 0.00000200. The highest BCUT2D eigenvalue weighted by Crippen LogP contribution is 2.31. The predicted octanol–water partition coefficient (Wildman–Crippen LogP) is 2.28. The Labute approximate surface area is 127 Å². The number of halogens is 1. The van der Waals surface area contributed by atoms with Crippen LogP contribution in [0.1, 0.15) is 36.8 Å². The van der Waals surface area contributed by atoms with E-state index in [1.54, 1.807) is 6.07 Å². The first-order valence-electron chi connectivity index (χ1n) is 6.70. The van der Waals surface area contributed by atoms with Crippen LogP contribution in [0.2, 0.25) is 0 Å². The number of hydrogen-bond donors (Lipinski definition) is 2. The van der Waals surface area contributed by atoms with Crippen molar-refractivity contribution in [2.24, 2.45) is 5.73 Å². The van der Waals surface area contributed by atoms with E-state index in [-0.39, 0.29) is 12.4 Å². The van der Waals surface area contributed by atoms with Crippen LogP contribution in [0, 0.1) is 13.8 Å². The molecule has 1 saturated carbocycles. The maximum atomic E-state index is 12.6. The molecule has 0 aliphatic heterocycles. The van der Waals surface area contributed by atoms with Gasteiger partial charge in [-0.15, -0.1) is 12.4 Å². The predicted molar refractivity (Wildman–Crippen MR) is 83.7 cm³/mol. The highest BCUT2D eigenvalue weighted by atomic mass is 35.5. The molecule has 0 unspecified atom stereocenters. The molecule has 0 spiro atoms. The highest BCUT2D eigenvalue weighted by molar-refractivity contribution is 7.89. The van der Waals surface area contributed by atoms with Gasteiger partial charge in [0.2, 0.25) is 10.0 Å². The van der Waals surface area contributed by atoms with E-state index in [0.29, 0.717) is 11.4 Å². The lowest BCUT2D eigenvalue weighted by molar-refractivity contribution is 0.399. The molecular formula is C14H23ClN2O2S. The van der Waals surface area contributed by atoms with Crippen molar-refractivity contribution >= 4 is 22.4 Å². The molecule has 20 heavy (non-hydrogen) atoms. The minimum absolute atomic E-state index is 0. The van der Waals surface area contributed by atoms with Crippen LogP contribution < -0.4 is 10.5 Å². The normalized spacial score (nSPS) is 17.8. The molecule has 0 bridgehead atoms. The first-order chi connectivity index (χ1) is 8.88. The van der Waals surface area contributed by atoms with Gasteiger partial charge in [-0.25, -0.2) is 13.1 Å². The Morgan fingerprint density at radius 2 is 1.85 bits per heavy atom. The van der Waals surface area contributed by atoms with Crippen LogP contribution >= 0.6 is 12.4 Å². The van der Waals surface area contributed by atoms with Crippen molar-refractivity contribution in [2.75, 3.05) is 6.54 Å². The second kappa shape index (κ2) is 6.43. The van der Waals surface area contributed by atoms with Crippen molar-refractivity contribution in [3.05, 3.63) is 29.3 Å². The third-order valence-corrected chi connectivity index (χ3v) is 5.66. The van der Waals surface area contributed by atoms with Gasteiger partial charge in [0.25, 0.3) is 0 Å². The summed E-state index contributed by atoms with van der Waals surface area (Å²) >= 11 is 0. The van der Waals surface area contributed by atoms with E-state index in [1.807, 2.05) is 26.0 Å². The lowest BCUT2D eigenvalue weighted by Gasteiger charge is -2.28. The molecule has 3 N–H and O–H groups in total. The van der Waals surface area contributed by atoms with Crippen molar-refractivity contribution in [3.63, 3.8) is 0 Å². The van der Waals surface area contributed by atoms with Crippen LogP contribution in [0.15, 0.2) is 23.1 Å². The molecule has 0 amide bonds. The third-order valence-electron chi connectivity index (χ3n) is 3.94. The van der Waals surface area contributed by atoms with E-state index in [4.69, 9.17) is 5.73 Å². The molecule has 4 nitrogen and oxygen atoms in total. The molecule has 1 fully saturated rings. The second-order valence-corrected chi connectivity index (χ2v) is 7.22. The minimum Gasteiger partial charge on any atom is -0.329 e. The van der Waals surface area contributed by atoms with Crippen molar-refractivity contribution < 1.29 is 8.42 Å². The van der Waals surface area contributed by atoms with E-state index in [0.717, 1.165) is 36.8 Å². The number of benzene rings is 1. The Kier molecular flexibility index (Phi) is 5.61. The van der Waals surface area contributed by atoms with Gasteiger partial charge in [-0.3, -0.25) is 0 Å². The lowest BCUT2D eigenvalue weighted by atomic mass is 10.0. The van der Waals surface area contributed by atoms with Crippen LogP contribution in [-0.4, -0.2) is 20.5 Å². The van der Waals surface area contributed by atoms with E-state index in [1.165, 1.54) is 0 Å². The SMILES string of the molecule is Cc1ccc(C)c(S(=O)(=O)NC2(CN)CCCC2)c1.Cl. The summed E-state index contributed by atoms with van der Waals surface area (Å²) in [5.41, 5.74) is 7.06. The second-order valence-electron chi connectivity index (χ2n) is 5.57. The molecule has 0 heterocycles. The minimum atomic E-state index is -3.50. The molecule has 2 rings (SSSR count). The van der Waals surface area contributed by atoms with Gasteiger partial charge in [0.1, 0.15) is 0 Å². The van der Waals surface area contributed by atoms with Crippen LogP contribution in [0.25, 0.3) is 0 Å². The molecule has 1 aromatic rings. The molecule has 0 atom stereocenters. The van der Waals surface area contributed by atoms with E-state index in [2.05, 4.69) is 4.72 Å². The number of rotatable bonds is 4. The summed E-state index contributed by atoms with van der Waals surface area (Å²) in [4.78, 5) is 0.368. The fourth-order valence-corrected chi connectivity index (χ4v) is 4.54. The first kappa shape index (κ1) is 17.4. The Morgan fingerprint density at radius 1 is 1.25 bits per heavy atom. The maximum absolute atomic E-state index is 12.6. The molecule has 1 aliphatic rings. The van der Waals surface area contributed by atoms with Crippen molar-refractivity contribution in [3.8, 4) is 0 Å². The molecule has 0 saturated heterocycles. The number of hydrogen-bond acceptors (Lipinski definition) is 3. The summed E-state index contributed by atoms with van der Waals surface area (Å²) in [5, 5.41) is 0. The highest BCUT2D eigenvalue weighted by Gasteiger charge is 2.37. The fourth-order valence-electron chi connectivity index (χ4n) is 2.74.